The van der Waals surface area contributed by atoms with Crippen molar-refractivity contribution < 1.29 is 38.0 Å². The normalized spacial score (nSPS) is 27.8. The SMILES string of the molecule is O=C(O)C(O[C@@H]1CCO[C@H](CO)[C@H]1O)c1ccc(S(=O)(=O)C2CC2)cc1. The van der Waals surface area contributed by atoms with Crippen LogP contribution in [0.4, 0.5) is 0 Å². The van der Waals surface area contributed by atoms with E-state index in [-0.39, 0.29) is 28.7 Å². The van der Waals surface area contributed by atoms with E-state index in [1.165, 1.54) is 24.3 Å². The van der Waals surface area contributed by atoms with Crippen molar-refractivity contribution in [1.29, 1.82) is 0 Å². The summed E-state index contributed by atoms with van der Waals surface area (Å²) in [7, 11) is -3.35. The summed E-state index contributed by atoms with van der Waals surface area (Å²) in [4.78, 5) is 11.8. The zero-order chi connectivity index (χ0) is 18.9. The summed E-state index contributed by atoms with van der Waals surface area (Å²) < 4.78 is 35.2. The number of aliphatic hydroxyl groups is 2. The predicted octanol–water partition coefficient (Wildman–Crippen LogP) is 0.276. The Morgan fingerprint density at radius 2 is 1.88 bits per heavy atom. The van der Waals surface area contributed by atoms with Gasteiger partial charge in [-0.2, -0.15) is 0 Å². The molecule has 4 atom stereocenters. The van der Waals surface area contributed by atoms with E-state index in [4.69, 9.17) is 9.47 Å². The van der Waals surface area contributed by atoms with E-state index in [0.717, 1.165) is 0 Å². The fraction of sp³-hybridized carbons (Fsp3) is 0.588. The van der Waals surface area contributed by atoms with E-state index in [1.54, 1.807) is 0 Å². The van der Waals surface area contributed by atoms with Gasteiger partial charge in [-0.05, 0) is 37.0 Å². The molecule has 1 heterocycles. The second kappa shape index (κ2) is 7.61. The number of aliphatic hydroxyl groups excluding tert-OH is 2. The molecular weight excluding hydrogens is 364 g/mol. The highest BCUT2D eigenvalue weighted by molar-refractivity contribution is 7.92. The number of hydrogen-bond donors (Lipinski definition) is 3. The average Bonchev–Trinajstić information content (AvgIpc) is 3.46. The predicted molar refractivity (Wildman–Crippen MR) is 89.3 cm³/mol. The number of carboxylic acid groups (broad SMARTS) is 1. The van der Waals surface area contributed by atoms with Crippen molar-refractivity contribution in [3.05, 3.63) is 29.8 Å². The third-order valence-corrected chi connectivity index (χ3v) is 6.96. The molecule has 26 heavy (non-hydrogen) atoms. The molecule has 0 bridgehead atoms. The molecule has 1 aromatic carbocycles. The maximum absolute atomic E-state index is 12.2. The molecule has 8 nitrogen and oxygen atoms in total. The maximum atomic E-state index is 12.2. The van der Waals surface area contributed by atoms with E-state index in [9.17, 15) is 28.5 Å². The van der Waals surface area contributed by atoms with E-state index < -0.39 is 46.8 Å². The summed E-state index contributed by atoms with van der Waals surface area (Å²) in [5, 5.41) is 28.5. The van der Waals surface area contributed by atoms with Crippen molar-refractivity contribution in [2.75, 3.05) is 13.2 Å². The van der Waals surface area contributed by atoms with E-state index in [1.807, 2.05) is 0 Å². The minimum atomic E-state index is -3.35. The lowest BCUT2D eigenvalue weighted by Crippen LogP contribution is -2.48. The van der Waals surface area contributed by atoms with Crippen LogP contribution in [0.2, 0.25) is 0 Å². The van der Waals surface area contributed by atoms with Crippen molar-refractivity contribution in [3.63, 3.8) is 0 Å². The highest BCUT2D eigenvalue weighted by Gasteiger charge is 2.38. The van der Waals surface area contributed by atoms with Crippen LogP contribution >= 0.6 is 0 Å². The molecule has 2 aliphatic rings. The molecule has 2 fully saturated rings. The van der Waals surface area contributed by atoms with Crippen LogP contribution in [-0.4, -0.2) is 66.5 Å². The maximum Gasteiger partial charge on any atom is 0.337 e. The average molecular weight is 386 g/mol. The van der Waals surface area contributed by atoms with Crippen LogP contribution in [0.15, 0.2) is 29.2 Å². The lowest BCUT2D eigenvalue weighted by atomic mass is 10.0. The van der Waals surface area contributed by atoms with Gasteiger partial charge in [0, 0.05) is 6.61 Å². The molecule has 1 unspecified atom stereocenters. The molecule has 1 aliphatic heterocycles. The van der Waals surface area contributed by atoms with Gasteiger partial charge in [-0.25, -0.2) is 13.2 Å². The van der Waals surface area contributed by atoms with Crippen LogP contribution in [0.5, 0.6) is 0 Å². The van der Waals surface area contributed by atoms with Crippen LogP contribution in [0.25, 0.3) is 0 Å². The highest BCUT2D eigenvalue weighted by Crippen LogP contribution is 2.34. The lowest BCUT2D eigenvalue weighted by molar-refractivity contribution is -0.191. The van der Waals surface area contributed by atoms with Crippen molar-refractivity contribution in [1.82, 2.24) is 0 Å². The molecule has 144 valence electrons. The van der Waals surface area contributed by atoms with Crippen LogP contribution in [0, 0.1) is 0 Å². The van der Waals surface area contributed by atoms with E-state index in [0.29, 0.717) is 12.8 Å². The Hall–Kier alpha value is -1.52. The van der Waals surface area contributed by atoms with Gasteiger partial charge in [0.05, 0.1) is 22.9 Å². The zero-order valence-corrected chi connectivity index (χ0v) is 14.8. The third-order valence-electron chi connectivity index (χ3n) is 4.69. The number of benzene rings is 1. The zero-order valence-electron chi connectivity index (χ0n) is 14.0. The standard InChI is InChI=1S/C17H22O8S/c18-9-14-15(19)13(7-8-24-14)25-16(17(20)21)10-1-3-11(4-2-10)26(22,23)12-5-6-12/h1-4,12-16,18-19H,5-9H2,(H,20,21)/t13-,14-,15+,16?/m1/s1. The summed E-state index contributed by atoms with van der Waals surface area (Å²) in [6.45, 7) is -0.162. The van der Waals surface area contributed by atoms with Crippen LogP contribution < -0.4 is 0 Å². The third kappa shape index (κ3) is 3.91. The van der Waals surface area contributed by atoms with Crippen LogP contribution in [-0.2, 0) is 24.1 Å². The molecule has 3 rings (SSSR count). The molecule has 1 saturated heterocycles. The van der Waals surface area contributed by atoms with E-state index >= 15 is 0 Å². The molecule has 1 aromatic rings. The monoisotopic (exact) mass is 386 g/mol. The molecule has 1 saturated carbocycles. The van der Waals surface area contributed by atoms with Gasteiger partial charge in [0.25, 0.3) is 0 Å². The van der Waals surface area contributed by atoms with Gasteiger partial charge < -0.3 is 24.8 Å². The molecule has 0 aromatic heterocycles. The Morgan fingerprint density at radius 1 is 1.23 bits per heavy atom. The first kappa shape index (κ1) is 19.2. The van der Waals surface area contributed by atoms with Gasteiger partial charge in [-0.15, -0.1) is 0 Å². The summed E-state index contributed by atoms with van der Waals surface area (Å²) in [6.07, 6.45) is -2.55. The molecule has 0 spiro atoms. The Morgan fingerprint density at radius 3 is 2.42 bits per heavy atom. The number of carboxylic acids is 1. The van der Waals surface area contributed by atoms with Gasteiger partial charge in [0.1, 0.15) is 12.2 Å². The smallest absolute Gasteiger partial charge is 0.337 e. The quantitative estimate of drug-likeness (QED) is 0.609. The topological polar surface area (TPSA) is 130 Å². The summed E-state index contributed by atoms with van der Waals surface area (Å²) in [5.41, 5.74) is 0.284. The molecular formula is C17H22O8S. The Kier molecular flexibility index (Phi) is 5.64. The van der Waals surface area contributed by atoms with E-state index in [2.05, 4.69) is 0 Å². The second-order valence-corrected chi connectivity index (χ2v) is 8.81. The first-order valence-electron chi connectivity index (χ1n) is 8.47. The van der Waals surface area contributed by atoms with Gasteiger partial charge in [0.15, 0.2) is 15.9 Å². The van der Waals surface area contributed by atoms with Gasteiger partial charge in [-0.1, -0.05) is 12.1 Å². The van der Waals surface area contributed by atoms with Crippen LogP contribution in [0.3, 0.4) is 0 Å². The highest BCUT2D eigenvalue weighted by atomic mass is 32.2. The first-order chi connectivity index (χ1) is 12.3. The minimum Gasteiger partial charge on any atom is -0.479 e. The molecule has 0 amide bonds. The summed E-state index contributed by atoms with van der Waals surface area (Å²) in [6, 6.07) is 5.62. The van der Waals surface area contributed by atoms with Crippen LogP contribution in [0.1, 0.15) is 30.9 Å². The lowest BCUT2D eigenvalue weighted by Gasteiger charge is -2.35. The fourth-order valence-corrected chi connectivity index (χ4v) is 4.67. The summed E-state index contributed by atoms with van der Waals surface area (Å²) in [5.74, 6) is -1.25. The Labute approximate surface area is 151 Å². The van der Waals surface area contributed by atoms with Gasteiger partial charge in [-0.3, -0.25) is 0 Å². The Balaban J connectivity index is 1.76. The number of hydrogen-bond acceptors (Lipinski definition) is 7. The molecule has 0 radical (unpaired) electrons. The molecule has 1 aliphatic carbocycles. The number of aliphatic carboxylic acids is 1. The second-order valence-electron chi connectivity index (χ2n) is 6.58. The van der Waals surface area contributed by atoms with Gasteiger partial charge >= 0.3 is 5.97 Å². The minimum absolute atomic E-state index is 0.166. The number of sulfone groups is 1. The summed E-state index contributed by atoms with van der Waals surface area (Å²) >= 11 is 0. The molecule has 9 heteroatoms. The number of ether oxygens (including phenoxy) is 2. The fourth-order valence-electron chi connectivity index (χ4n) is 3.01. The van der Waals surface area contributed by atoms with Crippen molar-refractivity contribution in [2.24, 2.45) is 0 Å². The first-order valence-corrected chi connectivity index (χ1v) is 10.0. The van der Waals surface area contributed by atoms with Crippen molar-refractivity contribution in [3.8, 4) is 0 Å². The number of rotatable bonds is 7. The molecule has 3 N–H and O–H groups in total. The van der Waals surface area contributed by atoms with Gasteiger partial charge in [0.2, 0.25) is 0 Å². The largest absolute Gasteiger partial charge is 0.479 e. The van der Waals surface area contributed by atoms with Crippen molar-refractivity contribution >= 4 is 15.8 Å². The number of carbonyl (C=O) groups is 1. The van der Waals surface area contributed by atoms with Crippen molar-refractivity contribution in [2.45, 2.75) is 53.8 Å². The Bertz CT molecular complexity index is 741.